The van der Waals surface area contributed by atoms with Crippen molar-refractivity contribution < 1.29 is 17.9 Å². The molecule has 1 aliphatic heterocycles. The van der Waals surface area contributed by atoms with Crippen LogP contribution in [0.15, 0.2) is 64.7 Å². The molecule has 1 atom stereocenters. The van der Waals surface area contributed by atoms with E-state index in [1.165, 1.54) is 0 Å². The molecule has 0 fully saturated rings. The third-order valence-corrected chi connectivity index (χ3v) is 7.01. The third-order valence-electron chi connectivity index (χ3n) is 5.28. The summed E-state index contributed by atoms with van der Waals surface area (Å²) in [6.45, 7) is 9.86. The summed E-state index contributed by atoms with van der Waals surface area (Å²) in [6, 6.07) is 13.0. The number of benzene rings is 2. The zero-order chi connectivity index (χ0) is 24.3. The monoisotopic (exact) mass is 487 g/mol. The summed E-state index contributed by atoms with van der Waals surface area (Å²) < 4.78 is 33.8. The van der Waals surface area contributed by atoms with Crippen LogP contribution < -0.4 is 10.0 Å². The molecule has 3 rings (SSSR count). The molecule has 0 spiro atoms. The molecule has 7 nitrogen and oxygen atoms in total. The minimum absolute atomic E-state index is 0.172. The maximum atomic E-state index is 13.0. The van der Waals surface area contributed by atoms with E-state index < -0.39 is 22.0 Å². The van der Waals surface area contributed by atoms with Crippen LogP contribution in [0.2, 0.25) is 0 Å². The number of rotatable bonds is 7. The number of esters is 1. The number of nitrogens with one attached hydrogen (secondary N) is 2. The summed E-state index contributed by atoms with van der Waals surface area (Å²) >= 11 is 5.52. The van der Waals surface area contributed by atoms with Crippen LogP contribution in [0.3, 0.4) is 0 Å². The highest BCUT2D eigenvalue weighted by Gasteiger charge is 2.34. The van der Waals surface area contributed by atoms with E-state index >= 15 is 0 Å². The highest BCUT2D eigenvalue weighted by atomic mass is 32.2. The zero-order valence-corrected chi connectivity index (χ0v) is 21.0. The predicted molar refractivity (Wildman–Crippen MR) is 133 cm³/mol. The molecule has 0 unspecified atom stereocenters. The Morgan fingerprint density at radius 3 is 2.45 bits per heavy atom. The van der Waals surface area contributed by atoms with Gasteiger partial charge in [0.25, 0.3) is 10.0 Å². The summed E-state index contributed by atoms with van der Waals surface area (Å²) in [7, 11) is -3.77. The van der Waals surface area contributed by atoms with Crippen molar-refractivity contribution in [3.63, 3.8) is 0 Å². The summed E-state index contributed by atoms with van der Waals surface area (Å²) in [5.41, 5.74) is 3.19. The molecule has 1 heterocycles. The third kappa shape index (κ3) is 5.54. The fourth-order valence-corrected chi connectivity index (χ4v) is 5.10. The Morgan fingerprint density at radius 1 is 1.18 bits per heavy atom. The lowest BCUT2D eigenvalue weighted by atomic mass is 9.94. The molecule has 2 aromatic rings. The fourth-order valence-electron chi connectivity index (χ4n) is 3.67. The van der Waals surface area contributed by atoms with E-state index in [0.717, 1.165) is 5.56 Å². The highest BCUT2D eigenvalue weighted by Crippen LogP contribution is 2.33. The number of allylic oxidation sites excluding steroid dienone is 1. The summed E-state index contributed by atoms with van der Waals surface area (Å²) in [5, 5.41) is 3.71. The van der Waals surface area contributed by atoms with E-state index in [1.54, 1.807) is 56.3 Å². The van der Waals surface area contributed by atoms with Crippen molar-refractivity contribution in [2.24, 2.45) is 0 Å². The summed E-state index contributed by atoms with van der Waals surface area (Å²) in [5.74, 6) is -0.438. The van der Waals surface area contributed by atoms with Crippen molar-refractivity contribution in [1.82, 2.24) is 10.2 Å². The van der Waals surface area contributed by atoms with Gasteiger partial charge in [-0.1, -0.05) is 29.8 Å². The summed E-state index contributed by atoms with van der Waals surface area (Å²) in [4.78, 5) is 15.0. The number of carbonyl (C=O) groups is 1. The van der Waals surface area contributed by atoms with Crippen LogP contribution in [0.4, 0.5) is 5.69 Å². The Labute approximate surface area is 200 Å². The Morgan fingerprint density at radius 2 is 1.85 bits per heavy atom. The average Bonchev–Trinajstić information content (AvgIpc) is 2.73. The lowest BCUT2D eigenvalue weighted by Crippen LogP contribution is -2.47. The highest BCUT2D eigenvalue weighted by molar-refractivity contribution is 7.92. The van der Waals surface area contributed by atoms with Crippen molar-refractivity contribution in [3.05, 3.63) is 70.9 Å². The molecule has 0 amide bonds. The van der Waals surface area contributed by atoms with Crippen LogP contribution in [0.1, 0.15) is 44.9 Å². The van der Waals surface area contributed by atoms with Crippen molar-refractivity contribution in [2.45, 2.75) is 51.7 Å². The lowest BCUT2D eigenvalue weighted by Gasteiger charge is -2.37. The SMILES string of the molecule is CCN1C(=S)N[C@@H](c2cccc(NS(=O)(=O)c3ccc(C)cc3)c2)C(C(=O)OC(C)C)=C1C. The van der Waals surface area contributed by atoms with Gasteiger partial charge in [0.05, 0.1) is 22.6 Å². The van der Waals surface area contributed by atoms with Crippen molar-refractivity contribution in [3.8, 4) is 0 Å². The van der Waals surface area contributed by atoms with Crippen LogP contribution in [-0.2, 0) is 19.6 Å². The van der Waals surface area contributed by atoms with Crippen molar-refractivity contribution >= 4 is 39.0 Å². The van der Waals surface area contributed by atoms with E-state index in [2.05, 4.69) is 10.0 Å². The van der Waals surface area contributed by atoms with E-state index in [1.807, 2.05) is 31.7 Å². The van der Waals surface area contributed by atoms with Gasteiger partial charge < -0.3 is 15.0 Å². The van der Waals surface area contributed by atoms with Gasteiger partial charge in [0.15, 0.2) is 5.11 Å². The van der Waals surface area contributed by atoms with Gasteiger partial charge in [0.1, 0.15) is 0 Å². The maximum Gasteiger partial charge on any atom is 0.338 e. The van der Waals surface area contributed by atoms with E-state index in [4.69, 9.17) is 17.0 Å². The molecule has 0 saturated carbocycles. The van der Waals surface area contributed by atoms with Crippen LogP contribution >= 0.6 is 12.2 Å². The van der Waals surface area contributed by atoms with Crippen molar-refractivity contribution in [2.75, 3.05) is 11.3 Å². The van der Waals surface area contributed by atoms with Crippen LogP contribution in [-0.4, -0.2) is 37.0 Å². The van der Waals surface area contributed by atoms with Crippen LogP contribution in [0.25, 0.3) is 0 Å². The molecule has 0 aliphatic carbocycles. The van der Waals surface area contributed by atoms with Gasteiger partial charge in [0, 0.05) is 17.9 Å². The number of carbonyl (C=O) groups excluding carboxylic acids is 1. The smallest absolute Gasteiger partial charge is 0.338 e. The van der Waals surface area contributed by atoms with Gasteiger partial charge in [-0.05, 0) is 76.7 Å². The molecule has 176 valence electrons. The molecular formula is C24H29N3O4S2. The standard InChI is InChI=1S/C24H29N3O4S2/c1-6-27-17(5)21(23(28)31-15(2)3)22(25-24(27)32)18-8-7-9-19(14-18)26-33(29,30)20-12-10-16(4)11-13-20/h7-15,22,26H,6H2,1-5H3,(H,25,32)/t22-/m0/s1. The topological polar surface area (TPSA) is 87.7 Å². The predicted octanol–water partition coefficient (Wildman–Crippen LogP) is 4.27. The van der Waals surface area contributed by atoms with Gasteiger partial charge >= 0.3 is 5.97 Å². The largest absolute Gasteiger partial charge is 0.459 e. The maximum absolute atomic E-state index is 13.0. The second kappa shape index (κ2) is 9.93. The molecule has 2 aromatic carbocycles. The normalized spacial score (nSPS) is 16.6. The number of sulfonamides is 1. The first kappa shape index (κ1) is 24.7. The number of thiocarbonyl (C=S) groups is 1. The van der Waals surface area contributed by atoms with Crippen molar-refractivity contribution in [1.29, 1.82) is 0 Å². The fraction of sp³-hybridized carbons (Fsp3) is 0.333. The molecular weight excluding hydrogens is 458 g/mol. The molecule has 0 saturated heterocycles. The van der Waals surface area contributed by atoms with Crippen LogP contribution in [0, 0.1) is 6.92 Å². The average molecular weight is 488 g/mol. The number of aryl methyl sites for hydroxylation is 1. The molecule has 1 aliphatic rings. The van der Waals surface area contributed by atoms with E-state index in [-0.39, 0.29) is 11.0 Å². The summed E-state index contributed by atoms with van der Waals surface area (Å²) in [6.07, 6.45) is -0.282. The molecule has 33 heavy (non-hydrogen) atoms. The molecule has 0 radical (unpaired) electrons. The Hall–Kier alpha value is -2.91. The Kier molecular flexibility index (Phi) is 7.44. The first-order chi connectivity index (χ1) is 15.5. The minimum Gasteiger partial charge on any atom is -0.459 e. The van der Waals surface area contributed by atoms with Crippen LogP contribution in [0.5, 0.6) is 0 Å². The van der Waals surface area contributed by atoms with E-state index in [9.17, 15) is 13.2 Å². The number of hydrogen-bond acceptors (Lipinski definition) is 5. The van der Waals surface area contributed by atoms with Gasteiger partial charge in [-0.15, -0.1) is 0 Å². The minimum atomic E-state index is -3.77. The second-order valence-electron chi connectivity index (χ2n) is 8.12. The Bertz CT molecular complexity index is 1190. The number of ether oxygens (including phenoxy) is 1. The van der Waals surface area contributed by atoms with Gasteiger partial charge in [0.2, 0.25) is 0 Å². The molecule has 0 bridgehead atoms. The van der Waals surface area contributed by atoms with Gasteiger partial charge in [-0.2, -0.15) is 0 Å². The quantitative estimate of drug-likeness (QED) is 0.445. The molecule has 0 aromatic heterocycles. The number of nitrogens with zero attached hydrogens (tertiary/aromatic N) is 1. The lowest BCUT2D eigenvalue weighted by molar-refractivity contribution is -0.143. The number of anilines is 1. The van der Waals surface area contributed by atoms with E-state index in [0.29, 0.717) is 34.2 Å². The van der Waals surface area contributed by atoms with Gasteiger partial charge in [-0.3, -0.25) is 4.72 Å². The first-order valence-electron chi connectivity index (χ1n) is 10.7. The second-order valence-corrected chi connectivity index (χ2v) is 10.2. The molecule has 2 N–H and O–H groups in total. The Balaban J connectivity index is 1.98. The first-order valence-corrected chi connectivity index (χ1v) is 12.6. The molecule has 9 heteroatoms. The zero-order valence-electron chi connectivity index (χ0n) is 19.4. The number of hydrogen-bond donors (Lipinski definition) is 2. The van der Waals surface area contributed by atoms with Gasteiger partial charge in [-0.25, -0.2) is 13.2 Å².